The Morgan fingerprint density at radius 1 is 1.14 bits per heavy atom. The summed E-state index contributed by atoms with van der Waals surface area (Å²) in [6.45, 7) is 0.609. The second kappa shape index (κ2) is 8.04. The van der Waals surface area contributed by atoms with Crippen molar-refractivity contribution in [3.8, 4) is 11.3 Å². The van der Waals surface area contributed by atoms with Gasteiger partial charge in [0.2, 0.25) is 5.91 Å². The molecule has 2 amide bonds. The van der Waals surface area contributed by atoms with Crippen molar-refractivity contribution in [1.82, 2.24) is 20.4 Å². The minimum atomic E-state index is -0.432. The van der Waals surface area contributed by atoms with E-state index in [2.05, 4.69) is 15.5 Å². The van der Waals surface area contributed by atoms with Gasteiger partial charge in [-0.25, -0.2) is 0 Å². The Hall–Kier alpha value is -3.48. The van der Waals surface area contributed by atoms with Gasteiger partial charge in [-0.2, -0.15) is 0 Å². The number of rotatable bonds is 5. The molecule has 1 fully saturated rings. The number of aromatic nitrogens is 2. The zero-order chi connectivity index (χ0) is 19.3. The number of amides is 2. The van der Waals surface area contributed by atoms with Crippen LogP contribution >= 0.6 is 0 Å². The highest BCUT2D eigenvalue weighted by Crippen LogP contribution is 2.31. The lowest BCUT2D eigenvalue weighted by molar-refractivity contribution is -0.131. The SMILES string of the molecule is O=C(NCC(=O)N1CCC[C@@H]1c1ccncc1)c1cc(-c2ccccc2)on1. The largest absolute Gasteiger partial charge is 0.355 e. The highest BCUT2D eigenvalue weighted by molar-refractivity contribution is 5.95. The predicted octanol–water partition coefficient (Wildman–Crippen LogP) is 2.83. The molecule has 142 valence electrons. The average Bonchev–Trinajstić information content (AvgIpc) is 3.43. The summed E-state index contributed by atoms with van der Waals surface area (Å²) >= 11 is 0. The molecular formula is C21H20N4O3. The van der Waals surface area contributed by atoms with E-state index in [9.17, 15) is 9.59 Å². The van der Waals surface area contributed by atoms with E-state index in [1.54, 1.807) is 18.5 Å². The summed E-state index contributed by atoms with van der Waals surface area (Å²) in [7, 11) is 0. The first-order chi connectivity index (χ1) is 13.7. The van der Waals surface area contributed by atoms with Gasteiger partial charge in [-0.05, 0) is 30.5 Å². The normalized spacial score (nSPS) is 16.1. The summed E-state index contributed by atoms with van der Waals surface area (Å²) in [5.41, 5.74) is 2.05. The molecule has 2 aromatic heterocycles. The number of hydrogen-bond acceptors (Lipinski definition) is 5. The molecule has 1 aromatic carbocycles. The Labute approximate surface area is 162 Å². The Morgan fingerprint density at radius 2 is 1.93 bits per heavy atom. The monoisotopic (exact) mass is 376 g/mol. The zero-order valence-electron chi connectivity index (χ0n) is 15.2. The molecule has 1 aliphatic rings. The van der Waals surface area contributed by atoms with Gasteiger partial charge < -0.3 is 14.7 Å². The number of pyridine rings is 1. The van der Waals surface area contributed by atoms with Crippen LogP contribution in [0.25, 0.3) is 11.3 Å². The van der Waals surface area contributed by atoms with Crippen molar-refractivity contribution in [2.75, 3.05) is 13.1 Å². The molecule has 1 N–H and O–H groups in total. The fourth-order valence-corrected chi connectivity index (χ4v) is 3.47. The molecule has 0 unspecified atom stereocenters. The van der Waals surface area contributed by atoms with Crippen LogP contribution in [-0.2, 0) is 4.79 Å². The molecule has 1 aliphatic heterocycles. The van der Waals surface area contributed by atoms with E-state index in [1.807, 2.05) is 47.4 Å². The fourth-order valence-electron chi connectivity index (χ4n) is 3.47. The van der Waals surface area contributed by atoms with E-state index in [4.69, 9.17) is 4.52 Å². The van der Waals surface area contributed by atoms with Crippen molar-refractivity contribution in [2.24, 2.45) is 0 Å². The van der Waals surface area contributed by atoms with Crippen LogP contribution in [0.15, 0.2) is 65.4 Å². The zero-order valence-corrected chi connectivity index (χ0v) is 15.2. The average molecular weight is 376 g/mol. The van der Waals surface area contributed by atoms with E-state index < -0.39 is 5.91 Å². The van der Waals surface area contributed by atoms with E-state index >= 15 is 0 Å². The first kappa shape index (κ1) is 17.9. The van der Waals surface area contributed by atoms with Crippen molar-refractivity contribution < 1.29 is 14.1 Å². The molecule has 7 nitrogen and oxygen atoms in total. The molecule has 0 aliphatic carbocycles. The van der Waals surface area contributed by atoms with Crippen LogP contribution in [0.2, 0.25) is 0 Å². The van der Waals surface area contributed by atoms with Gasteiger partial charge in [-0.1, -0.05) is 35.5 Å². The first-order valence-electron chi connectivity index (χ1n) is 9.22. The molecular weight excluding hydrogens is 356 g/mol. The van der Waals surface area contributed by atoms with Crippen molar-refractivity contribution in [3.63, 3.8) is 0 Å². The molecule has 1 saturated heterocycles. The fraction of sp³-hybridized carbons (Fsp3) is 0.238. The molecule has 3 heterocycles. The first-order valence-corrected chi connectivity index (χ1v) is 9.22. The maximum atomic E-state index is 12.6. The summed E-state index contributed by atoms with van der Waals surface area (Å²) in [6, 6.07) is 14.9. The van der Waals surface area contributed by atoms with Crippen LogP contribution in [0.4, 0.5) is 0 Å². The molecule has 4 rings (SSSR count). The quantitative estimate of drug-likeness (QED) is 0.740. The topological polar surface area (TPSA) is 88.3 Å². The maximum Gasteiger partial charge on any atom is 0.273 e. The summed E-state index contributed by atoms with van der Waals surface area (Å²) < 4.78 is 5.24. The number of nitrogens with one attached hydrogen (secondary N) is 1. The van der Waals surface area contributed by atoms with Gasteiger partial charge in [0.25, 0.3) is 5.91 Å². The lowest BCUT2D eigenvalue weighted by Gasteiger charge is -2.25. The van der Waals surface area contributed by atoms with Gasteiger partial charge in [0.1, 0.15) is 0 Å². The molecule has 0 saturated carbocycles. The molecule has 7 heteroatoms. The number of hydrogen-bond donors (Lipinski definition) is 1. The molecule has 0 radical (unpaired) electrons. The standard InChI is InChI=1S/C21H20N4O3/c26-20(25-12-4-7-18(25)15-8-10-22-11-9-15)14-23-21(27)17-13-19(28-24-17)16-5-2-1-3-6-16/h1-3,5-6,8-11,13,18H,4,7,12,14H2,(H,23,27)/t18-/m1/s1. The number of carbonyl (C=O) groups is 2. The lowest BCUT2D eigenvalue weighted by Crippen LogP contribution is -2.39. The second-order valence-electron chi connectivity index (χ2n) is 6.65. The molecule has 28 heavy (non-hydrogen) atoms. The smallest absolute Gasteiger partial charge is 0.273 e. The van der Waals surface area contributed by atoms with Crippen molar-refractivity contribution >= 4 is 11.8 Å². The van der Waals surface area contributed by atoms with E-state index in [0.29, 0.717) is 12.3 Å². The van der Waals surface area contributed by atoms with Crippen LogP contribution < -0.4 is 5.32 Å². The summed E-state index contributed by atoms with van der Waals surface area (Å²) in [5.74, 6) is -0.0345. The maximum absolute atomic E-state index is 12.6. The van der Waals surface area contributed by atoms with Crippen molar-refractivity contribution in [2.45, 2.75) is 18.9 Å². The number of carbonyl (C=O) groups excluding carboxylic acids is 2. The number of nitrogens with zero attached hydrogens (tertiary/aromatic N) is 3. The third-order valence-corrected chi connectivity index (χ3v) is 4.87. The molecule has 3 aromatic rings. The minimum absolute atomic E-state index is 0.0316. The lowest BCUT2D eigenvalue weighted by atomic mass is 10.1. The van der Waals surface area contributed by atoms with E-state index in [1.165, 1.54) is 0 Å². The molecule has 0 bridgehead atoms. The van der Waals surface area contributed by atoms with Crippen LogP contribution in [0.1, 0.15) is 34.9 Å². The Morgan fingerprint density at radius 3 is 2.71 bits per heavy atom. The molecule has 1 atom stereocenters. The summed E-state index contributed by atoms with van der Waals surface area (Å²) in [4.78, 5) is 30.8. The van der Waals surface area contributed by atoms with Crippen LogP contribution in [0.3, 0.4) is 0 Å². The van der Waals surface area contributed by atoms with E-state index in [0.717, 1.165) is 24.0 Å². The Kier molecular flexibility index (Phi) is 5.14. The number of benzene rings is 1. The van der Waals surface area contributed by atoms with Gasteiger partial charge >= 0.3 is 0 Å². The van der Waals surface area contributed by atoms with Gasteiger partial charge in [-0.15, -0.1) is 0 Å². The molecule has 0 spiro atoms. The van der Waals surface area contributed by atoms with Crippen LogP contribution in [0.5, 0.6) is 0 Å². The minimum Gasteiger partial charge on any atom is -0.355 e. The highest BCUT2D eigenvalue weighted by Gasteiger charge is 2.30. The third-order valence-electron chi connectivity index (χ3n) is 4.87. The second-order valence-corrected chi connectivity index (χ2v) is 6.65. The van der Waals surface area contributed by atoms with Gasteiger partial charge in [0.05, 0.1) is 12.6 Å². The summed E-state index contributed by atoms with van der Waals surface area (Å²) in [6.07, 6.45) is 5.31. The Balaban J connectivity index is 1.37. The van der Waals surface area contributed by atoms with Crippen molar-refractivity contribution in [3.05, 3.63) is 72.2 Å². The van der Waals surface area contributed by atoms with Crippen LogP contribution in [-0.4, -0.2) is 39.9 Å². The van der Waals surface area contributed by atoms with Gasteiger partial charge in [0.15, 0.2) is 11.5 Å². The van der Waals surface area contributed by atoms with E-state index in [-0.39, 0.29) is 24.2 Å². The number of likely N-dealkylation sites (tertiary alicyclic amines) is 1. The predicted molar refractivity (Wildman–Crippen MR) is 102 cm³/mol. The summed E-state index contributed by atoms with van der Waals surface area (Å²) in [5, 5.41) is 6.46. The van der Waals surface area contributed by atoms with Crippen LogP contribution in [0, 0.1) is 0 Å². The highest BCUT2D eigenvalue weighted by atomic mass is 16.5. The van der Waals surface area contributed by atoms with Gasteiger partial charge in [-0.3, -0.25) is 14.6 Å². The van der Waals surface area contributed by atoms with Gasteiger partial charge in [0, 0.05) is 30.6 Å². The Bertz CT molecular complexity index is 956. The van der Waals surface area contributed by atoms with Crippen molar-refractivity contribution in [1.29, 1.82) is 0 Å². The third kappa shape index (κ3) is 3.78.